The summed E-state index contributed by atoms with van der Waals surface area (Å²) in [6, 6.07) is 20.1. The minimum absolute atomic E-state index is 0.0907. The third-order valence-electron chi connectivity index (χ3n) is 4.41. The first-order valence-electron chi connectivity index (χ1n) is 8.83. The molecular weight excluding hydrogens is 356 g/mol. The second-order valence-electron chi connectivity index (χ2n) is 6.42. The number of amides is 1. The largest absolute Gasteiger partial charge is 0.497 e. The maximum absolute atomic E-state index is 12.8. The maximum Gasteiger partial charge on any atom is 0.242 e. The van der Waals surface area contributed by atoms with Crippen LogP contribution in [-0.2, 0) is 17.9 Å². The van der Waals surface area contributed by atoms with Gasteiger partial charge in [0.2, 0.25) is 5.91 Å². The summed E-state index contributed by atoms with van der Waals surface area (Å²) in [6.45, 7) is 1.62. The third kappa shape index (κ3) is 5.34. The average Bonchev–Trinajstić information content (AvgIpc) is 3.21. The van der Waals surface area contributed by atoms with Crippen LogP contribution in [0.5, 0.6) is 5.75 Å². The molecule has 0 spiro atoms. The SMILES string of the molecule is COc1ccc(N(CC(=O)N(C)Cc2ccsc2)Cc2ccccc2)cc1. The molecule has 2 aromatic carbocycles. The van der Waals surface area contributed by atoms with Crippen LogP contribution in [-0.4, -0.2) is 31.5 Å². The lowest BCUT2D eigenvalue weighted by atomic mass is 10.2. The summed E-state index contributed by atoms with van der Waals surface area (Å²) in [6.07, 6.45) is 0. The van der Waals surface area contributed by atoms with Gasteiger partial charge in [0.05, 0.1) is 13.7 Å². The second-order valence-corrected chi connectivity index (χ2v) is 7.20. The van der Waals surface area contributed by atoms with Gasteiger partial charge in [-0.3, -0.25) is 4.79 Å². The van der Waals surface area contributed by atoms with E-state index in [0.29, 0.717) is 19.6 Å². The van der Waals surface area contributed by atoms with Crippen molar-refractivity contribution in [2.45, 2.75) is 13.1 Å². The first-order chi connectivity index (χ1) is 13.2. The molecule has 1 amide bonds. The number of methoxy groups -OCH3 is 1. The number of nitrogens with zero attached hydrogens (tertiary/aromatic N) is 2. The summed E-state index contributed by atoms with van der Waals surface area (Å²) in [5.41, 5.74) is 3.33. The van der Waals surface area contributed by atoms with E-state index in [1.807, 2.05) is 54.9 Å². The van der Waals surface area contributed by atoms with Crippen LogP contribution >= 0.6 is 11.3 Å². The van der Waals surface area contributed by atoms with Crippen molar-refractivity contribution in [2.24, 2.45) is 0 Å². The predicted molar refractivity (Wildman–Crippen MR) is 111 cm³/mol. The number of carbonyl (C=O) groups excluding carboxylic acids is 1. The molecule has 0 aliphatic carbocycles. The Bertz CT molecular complexity index is 833. The number of benzene rings is 2. The molecule has 0 saturated carbocycles. The Morgan fingerprint density at radius 1 is 0.963 bits per heavy atom. The molecule has 0 bridgehead atoms. The molecular formula is C22H24N2O2S. The topological polar surface area (TPSA) is 32.8 Å². The van der Waals surface area contributed by atoms with Gasteiger partial charge in [0.15, 0.2) is 0 Å². The Balaban J connectivity index is 1.74. The number of ether oxygens (including phenoxy) is 1. The molecule has 0 aliphatic heterocycles. The minimum Gasteiger partial charge on any atom is -0.497 e. The van der Waals surface area contributed by atoms with Gasteiger partial charge in [-0.05, 0) is 52.2 Å². The number of thiophene rings is 1. The fraction of sp³-hybridized carbons (Fsp3) is 0.227. The van der Waals surface area contributed by atoms with Crippen molar-refractivity contribution in [3.05, 3.63) is 82.6 Å². The Labute approximate surface area is 164 Å². The predicted octanol–water partition coefficient (Wildman–Crippen LogP) is 4.42. The van der Waals surface area contributed by atoms with Gasteiger partial charge < -0.3 is 14.5 Å². The van der Waals surface area contributed by atoms with Crippen LogP contribution in [0.3, 0.4) is 0 Å². The van der Waals surface area contributed by atoms with Gasteiger partial charge in [-0.2, -0.15) is 11.3 Å². The molecule has 0 N–H and O–H groups in total. The van der Waals surface area contributed by atoms with Crippen LogP contribution in [0.4, 0.5) is 5.69 Å². The molecule has 4 nitrogen and oxygen atoms in total. The maximum atomic E-state index is 12.8. The Hall–Kier alpha value is -2.79. The second kappa shape index (κ2) is 9.24. The molecule has 1 aromatic heterocycles. The molecule has 0 aliphatic rings. The minimum atomic E-state index is 0.0907. The lowest BCUT2D eigenvalue weighted by molar-refractivity contribution is -0.129. The lowest BCUT2D eigenvalue weighted by Crippen LogP contribution is -2.37. The summed E-state index contributed by atoms with van der Waals surface area (Å²) in [5, 5.41) is 4.11. The number of anilines is 1. The first-order valence-corrected chi connectivity index (χ1v) is 9.78. The normalized spacial score (nSPS) is 10.4. The van der Waals surface area contributed by atoms with Crippen LogP contribution < -0.4 is 9.64 Å². The average molecular weight is 381 g/mol. The molecule has 0 atom stereocenters. The molecule has 0 radical (unpaired) electrons. The monoisotopic (exact) mass is 380 g/mol. The van der Waals surface area contributed by atoms with Crippen molar-refractivity contribution in [1.82, 2.24) is 4.90 Å². The molecule has 0 unspecified atom stereocenters. The number of likely N-dealkylation sites (N-methyl/N-ethyl adjacent to an activating group) is 1. The van der Waals surface area contributed by atoms with Crippen LogP contribution in [0.1, 0.15) is 11.1 Å². The van der Waals surface area contributed by atoms with Crippen molar-refractivity contribution >= 4 is 22.9 Å². The van der Waals surface area contributed by atoms with E-state index in [2.05, 4.69) is 28.5 Å². The van der Waals surface area contributed by atoms with E-state index in [-0.39, 0.29) is 5.91 Å². The van der Waals surface area contributed by atoms with Crippen LogP contribution in [0.15, 0.2) is 71.4 Å². The highest BCUT2D eigenvalue weighted by atomic mass is 32.1. The number of rotatable bonds is 8. The van der Waals surface area contributed by atoms with E-state index in [9.17, 15) is 4.79 Å². The van der Waals surface area contributed by atoms with Crippen molar-refractivity contribution < 1.29 is 9.53 Å². The molecule has 3 aromatic rings. The molecule has 3 rings (SSSR count). The van der Waals surface area contributed by atoms with Crippen molar-refractivity contribution in [1.29, 1.82) is 0 Å². The number of hydrogen-bond donors (Lipinski definition) is 0. The van der Waals surface area contributed by atoms with Crippen LogP contribution in [0.2, 0.25) is 0 Å². The zero-order valence-electron chi connectivity index (χ0n) is 15.7. The van der Waals surface area contributed by atoms with Gasteiger partial charge in [0, 0.05) is 25.8 Å². The van der Waals surface area contributed by atoms with Gasteiger partial charge in [-0.15, -0.1) is 0 Å². The van der Waals surface area contributed by atoms with Crippen molar-refractivity contribution in [3.63, 3.8) is 0 Å². The summed E-state index contributed by atoms with van der Waals surface area (Å²) < 4.78 is 5.25. The van der Waals surface area contributed by atoms with E-state index in [1.165, 1.54) is 5.56 Å². The molecule has 0 fully saturated rings. The molecule has 5 heteroatoms. The van der Waals surface area contributed by atoms with Crippen molar-refractivity contribution in [3.8, 4) is 5.75 Å². The van der Waals surface area contributed by atoms with Gasteiger partial charge in [0.1, 0.15) is 5.75 Å². The summed E-state index contributed by atoms with van der Waals surface area (Å²) >= 11 is 1.65. The van der Waals surface area contributed by atoms with Crippen LogP contribution in [0.25, 0.3) is 0 Å². The van der Waals surface area contributed by atoms with E-state index >= 15 is 0 Å². The first kappa shape index (κ1) is 19.0. The van der Waals surface area contributed by atoms with E-state index in [1.54, 1.807) is 23.3 Å². The number of carbonyl (C=O) groups is 1. The van der Waals surface area contributed by atoms with Crippen LogP contribution in [0, 0.1) is 0 Å². The van der Waals surface area contributed by atoms with Gasteiger partial charge in [-0.1, -0.05) is 30.3 Å². The van der Waals surface area contributed by atoms with Gasteiger partial charge >= 0.3 is 0 Å². The van der Waals surface area contributed by atoms with E-state index in [0.717, 1.165) is 17.0 Å². The summed E-state index contributed by atoms with van der Waals surface area (Å²) in [5.74, 6) is 0.896. The fourth-order valence-electron chi connectivity index (χ4n) is 2.86. The zero-order chi connectivity index (χ0) is 19.1. The lowest BCUT2D eigenvalue weighted by Gasteiger charge is -2.27. The Morgan fingerprint density at radius 3 is 2.33 bits per heavy atom. The van der Waals surface area contributed by atoms with E-state index in [4.69, 9.17) is 4.74 Å². The highest BCUT2D eigenvalue weighted by molar-refractivity contribution is 7.07. The molecule has 27 heavy (non-hydrogen) atoms. The zero-order valence-corrected chi connectivity index (χ0v) is 16.5. The third-order valence-corrected chi connectivity index (χ3v) is 5.14. The molecule has 0 saturated heterocycles. The standard InChI is InChI=1S/C22H24N2O2S/c1-23(14-19-12-13-27-17-19)22(25)16-24(15-18-6-4-3-5-7-18)20-8-10-21(26-2)11-9-20/h3-13,17H,14-16H2,1-2H3. The fourth-order valence-corrected chi connectivity index (χ4v) is 3.52. The highest BCUT2D eigenvalue weighted by Crippen LogP contribution is 2.21. The van der Waals surface area contributed by atoms with Gasteiger partial charge in [0.25, 0.3) is 0 Å². The number of hydrogen-bond acceptors (Lipinski definition) is 4. The van der Waals surface area contributed by atoms with E-state index < -0.39 is 0 Å². The van der Waals surface area contributed by atoms with Crippen molar-refractivity contribution in [2.75, 3.05) is 25.6 Å². The molecule has 140 valence electrons. The highest BCUT2D eigenvalue weighted by Gasteiger charge is 2.16. The smallest absolute Gasteiger partial charge is 0.242 e. The molecule has 1 heterocycles. The Morgan fingerprint density at radius 2 is 1.70 bits per heavy atom. The van der Waals surface area contributed by atoms with Gasteiger partial charge in [-0.25, -0.2) is 0 Å². The Kier molecular flexibility index (Phi) is 6.49. The summed E-state index contributed by atoms with van der Waals surface area (Å²) in [7, 11) is 3.51. The summed E-state index contributed by atoms with van der Waals surface area (Å²) in [4.78, 5) is 16.7. The quantitative estimate of drug-likeness (QED) is 0.580.